The Labute approximate surface area is 162 Å². The van der Waals surface area contributed by atoms with Gasteiger partial charge in [-0.15, -0.1) is 15.3 Å². The van der Waals surface area contributed by atoms with E-state index in [0.717, 1.165) is 10.9 Å². The zero-order valence-electron chi connectivity index (χ0n) is 15.3. The van der Waals surface area contributed by atoms with Gasteiger partial charge in [0.1, 0.15) is 11.2 Å². The van der Waals surface area contributed by atoms with Gasteiger partial charge in [0, 0.05) is 10.9 Å². The Bertz CT molecular complexity index is 1380. The van der Waals surface area contributed by atoms with Crippen LogP contribution in [0.5, 0.6) is 0 Å². The number of anilines is 2. The predicted molar refractivity (Wildman–Crippen MR) is 103 cm³/mol. The van der Waals surface area contributed by atoms with E-state index in [2.05, 4.69) is 55.9 Å². The van der Waals surface area contributed by atoms with Crippen LogP contribution in [0.15, 0.2) is 34.0 Å². The molecule has 1 aromatic carbocycles. The summed E-state index contributed by atoms with van der Waals surface area (Å²) in [7, 11) is 0. The summed E-state index contributed by atoms with van der Waals surface area (Å²) < 4.78 is 6.03. The van der Waals surface area contributed by atoms with E-state index in [1.54, 1.807) is 13.8 Å². The summed E-state index contributed by atoms with van der Waals surface area (Å²) >= 11 is 0. The number of rotatable bonds is 4. The van der Waals surface area contributed by atoms with Gasteiger partial charge in [-0.05, 0) is 30.2 Å². The highest BCUT2D eigenvalue weighted by atomic mass is 16.6. The standard InChI is InChI=1S/C16H14N12O/c1-7(11-8(2)28(27-22-11)15-13(17)25-29-26-15)20-23-16-19-14-12(21-24-16)9-5-3-4-6-10(9)18-14/h3-6H,1-2H3,(H2,17,25)(H2,18,19,23,24)/b20-7+. The molecule has 4 aromatic heterocycles. The lowest BCUT2D eigenvalue weighted by Gasteiger charge is -2.01. The minimum Gasteiger partial charge on any atom is -0.378 e. The van der Waals surface area contributed by atoms with Gasteiger partial charge < -0.3 is 10.7 Å². The maximum atomic E-state index is 5.71. The van der Waals surface area contributed by atoms with Gasteiger partial charge >= 0.3 is 0 Å². The SMILES string of the molecule is C/C(=N\Nc1nnc2c(n1)[nH]c1ccccc12)c1nnn(-c2nonc2N)c1C. The van der Waals surface area contributed by atoms with Crippen LogP contribution in [0.25, 0.3) is 27.9 Å². The first-order chi connectivity index (χ1) is 14.1. The molecule has 0 atom stereocenters. The normalized spacial score (nSPS) is 12.1. The summed E-state index contributed by atoms with van der Waals surface area (Å²) in [5.74, 6) is 0.626. The van der Waals surface area contributed by atoms with Crippen LogP contribution in [0.4, 0.5) is 11.8 Å². The highest BCUT2D eigenvalue weighted by molar-refractivity contribution is 6.03. The van der Waals surface area contributed by atoms with E-state index in [9.17, 15) is 0 Å². The van der Waals surface area contributed by atoms with Gasteiger partial charge in [-0.1, -0.05) is 23.4 Å². The minimum absolute atomic E-state index is 0.114. The third-order valence-electron chi connectivity index (χ3n) is 4.38. The molecule has 13 heteroatoms. The fraction of sp³-hybridized carbons (Fsp3) is 0.125. The molecule has 0 bridgehead atoms. The Hall–Kier alpha value is -4.42. The molecular weight excluding hydrogens is 376 g/mol. The molecule has 0 aliphatic heterocycles. The lowest BCUT2D eigenvalue weighted by molar-refractivity contribution is 0.306. The summed E-state index contributed by atoms with van der Waals surface area (Å²) in [5.41, 5.74) is 12.5. The van der Waals surface area contributed by atoms with Gasteiger partial charge in [0.15, 0.2) is 5.65 Å². The first-order valence-electron chi connectivity index (χ1n) is 8.54. The lowest BCUT2D eigenvalue weighted by Crippen LogP contribution is -2.06. The molecule has 29 heavy (non-hydrogen) atoms. The van der Waals surface area contributed by atoms with E-state index in [1.807, 2.05) is 24.3 Å². The van der Waals surface area contributed by atoms with E-state index >= 15 is 0 Å². The van der Waals surface area contributed by atoms with Crippen molar-refractivity contribution in [3.63, 3.8) is 0 Å². The van der Waals surface area contributed by atoms with Crippen molar-refractivity contribution in [2.75, 3.05) is 11.2 Å². The van der Waals surface area contributed by atoms with E-state index in [-0.39, 0.29) is 17.6 Å². The molecule has 0 spiro atoms. The summed E-state index contributed by atoms with van der Waals surface area (Å²) in [6.45, 7) is 3.57. The summed E-state index contributed by atoms with van der Waals surface area (Å²) in [4.78, 5) is 7.63. The topological polar surface area (TPSA) is 175 Å². The maximum Gasteiger partial charge on any atom is 0.265 e. The van der Waals surface area contributed by atoms with Gasteiger partial charge in [-0.2, -0.15) is 14.8 Å². The second-order valence-corrected chi connectivity index (χ2v) is 6.22. The number of nitrogens with zero attached hydrogens (tertiary/aromatic N) is 9. The number of fused-ring (bicyclic) bond motifs is 3. The van der Waals surface area contributed by atoms with E-state index < -0.39 is 0 Å². The van der Waals surface area contributed by atoms with Crippen molar-refractivity contribution in [2.45, 2.75) is 13.8 Å². The molecule has 0 unspecified atom stereocenters. The van der Waals surface area contributed by atoms with Crippen LogP contribution in [0.2, 0.25) is 0 Å². The summed E-state index contributed by atoms with van der Waals surface area (Å²) in [6.07, 6.45) is 0. The fourth-order valence-corrected chi connectivity index (χ4v) is 2.96. The Morgan fingerprint density at radius 3 is 2.90 bits per heavy atom. The van der Waals surface area contributed by atoms with Crippen LogP contribution in [0, 0.1) is 6.92 Å². The predicted octanol–water partition coefficient (Wildman–Crippen LogP) is 1.20. The van der Waals surface area contributed by atoms with Crippen molar-refractivity contribution in [3.05, 3.63) is 35.7 Å². The molecule has 0 amide bonds. The van der Waals surface area contributed by atoms with Crippen molar-refractivity contribution in [1.82, 2.24) is 45.5 Å². The zero-order chi connectivity index (χ0) is 20.0. The van der Waals surface area contributed by atoms with E-state index in [4.69, 9.17) is 5.73 Å². The summed E-state index contributed by atoms with van der Waals surface area (Å²) in [5, 5.41) is 29.0. The number of H-pyrrole nitrogens is 1. The molecule has 4 heterocycles. The molecule has 13 nitrogen and oxygen atoms in total. The monoisotopic (exact) mass is 390 g/mol. The van der Waals surface area contributed by atoms with Crippen LogP contribution in [-0.2, 0) is 0 Å². The number of nitrogens with two attached hydrogens (primary N) is 1. The van der Waals surface area contributed by atoms with Gasteiger partial charge in [0.25, 0.3) is 5.95 Å². The number of nitrogens with one attached hydrogen (secondary N) is 2. The van der Waals surface area contributed by atoms with Gasteiger partial charge in [0.2, 0.25) is 11.6 Å². The fourth-order valence-electron chi connectivity index (χ4n) is 2.96. The number of hydrogen-bond donors (Lipinski definition) is 3. The van der Waals surface area contributed by atoms with Gasteiger partial charge in [0.05, 0.1) is 11.4 Å². The molecule has 0 radical (unpaired) electrons. The first-order valence-corrected chi connectivity index (χ1v) is 8.54. The number of nitrogen functional groups attached to an aromatic ring is 1. The lowest BCUT2D eigenvalue weighted by atomic mass is 10.2. The van der Waals surface area contributed by atoms with Crippen molar-refractivity contribution in [1.29, 1.82) is 0 Å². The average Bonchev–Trinajstić information content (AvgIpc) is 3.42. The van der Waals surface area contributed by atoms with Crippen molar-refractivity contribution in [2.24, 2.45) is 5.10 Å². The molecule has 4 N–H and O–H groups in total. The van der Waals surface area contributed by atoms with Crippen LogP contribution >= 0.6 is 0 Å². The third kappa shape index (κ3) is 2.72. The maximum absolute atomic E-state index is 5.71. The van der Waals surface area contributed by atoms with E-state index in [1.165, 1.54) is 4.68 Å². The highest BCUT2D eigenvalue weighted by Gasteiger charge is 2.18. The van der Waals surface area contributed by atoms with Crippen molar-refractivity contribution >= 4 is 39.5 Å². The number of para-hydroxylation sites is 1. The zero-order valence-corrected chi connectivity index (χ0v) is 15.3. The molecule has 0 aliphatic rings. The Morgan fingerprint density at radius 1 is 1.21 bits per heavy atom. The second kappa shape index (κ2) is 6.33. The number of hydrazone groups is 1. The number of hydrogen-bond acceptors (Lipinski definition) is 11. The largest absolute Gasteiger partial charge is 0.378 e. The molecular formula is C16H14N12O. The van der Waals surface area contributed by atoms with Gasteiger partial charge in [-0.3, -0.25) is 0 Å². The molecule has 0 saturated heterocycles. The Morgan fingerprint density at radius 2 is 2.07 bits per heavy atom. The Kier molecular flexibility index (Phi) is 3.65. The van der Waals surface area contributed by atoms with Crippen LogP contribution < -0.4 is 11.2 Å². The molecule has 0 saturated carbocycles. The smallest absolute Gasteiger partial charge is 0.265 e. The number of aromatic amines is 1. The van der Waals surface area contributed by atoms with E-state index in [0.29, 0.717) is 28.3 Å². The first kappa shape index (κ1) is 16.7. The highest BCUT2D eigenvalue weighted by Crippen LogP contribution is 2.22. The van der Waals surface area contributed by atoms with Crippen molar-refractivity contribution < 1.29 is 4.63 Å². The second-order valence-electron chi connectivity index (χ2n) is 6.22. The molecule has 5 rings (SSSR count). The van der Waals surface area contributed by atoms with Crippen LogP contribution in [-0.4, -0.2) is 51.2 Å². The molecule has 144 valence electrons. The quantitative estimate of drug-likeness (QED) is 0.298. The number of aromatic nitrogens is 9. The van der Waals surface area contributed by atoms with Crippen LogP contribution in [0.3, 0.4) is 0 Å². The minimum atomic E-state index is 0.114. The molecule has 5 aromatic rings. The van der Waals surface area contributed by atoms with Crippen LogP contribution in [0.1, 0.15) is 18.3 Å². The molecule has 0 aliphatic carbocycles. The number of benzene rings is 1. The third-order valence-corrected chi connectivity index (χ3v) is 4.38. The van der Waals surface area contributed by atoms with Crippen molar-refractivity contribution in [3.8, 4) is 5.82 Å². The molecule has 0 fully saturated rings. The summed E-state index contributed by atoms with van der Waals surface area (Å²) in [6, 6.07) is 7.80. The average molecular weight is 390 g/mol. The van der Waals surface area contributed by atoms with Gasteiger partial charge in [-0.25, -0.2) is 10.1 Å². The Balaban J connectivity index is 1.43.